The third kappa shape index (κ3) is 4.40. The summed E-state index contributed by atoms with van der Waals surface area (Å²) in [5.41, 5.74) is 1.21. The number of rotatable bonds is 5. The Labute approximate surface area is 201 Å². The van der Waals surface area contributed by atoms with Gasteiger partial charge in [0, 0.05) is 43.2 Å². The summed E-state index contributed by atoms with van der Waals surface area (Å²) >= 11 is 1.38. The molecule has 2 atom stereocenters. The van der Waals surface area contributed by atoms with Gasteiger partial charge in [-0.3, -0.25) is 9.59 Å². The van der Waals surface area contributed by atoms with E-state index in [-0.39, 0.29) is 35.9 Å². The maximum absolute atomic E-state index is 14.1. The van der Waals surface area contributed by atoms with Crippen LogP contribution in [-0.4, -0.2) is 53.7 Å². The van der Waals surface area contributed by atoms with Crippen molar-refractivity contribution in [1.29, 1.82) is 0 Å². The average molecular weight is 481 g/mol. The van der Waals surface area contributed by atoms with Gasteiger partial charge in [-0.2, -0.15) is 0 Å². The maximum atomic E-state index is 14.1. The van der Waals surface area contributed by atoms with E-state index in [1.165, 1.54) is 17.4 Å². The molecular formula is C25H25FN4O3S. The summed E-state index contributed by atoms with van der Waals surface area (Å²) < 4.78 is 19.3. The molecule has 2 aliphatic heterocycles. The molecule has 5 rings (SSSR count). The number of methoxy groups -OCH3 is 1. The number of aromatic nitrogens is 2. The minimum absolute atomic E-state index is 0.00732. The lowest BCUT2D eigenvalue weighted by Gasteiger charge is -2.33. The number of amides is 2. The Morgan fingerprint density at radius 3 is 2.68 bits per heavy atom. The molecule has 176 valence electrons. The van der Waals surface area contributed by atoms with E-state index in [1.54, 1.807) is 30.2 Å². The highest BCUT2D eigenvalue weighted by molar-refractivity contribution is 7.14. The number of benzene rings is 2. The van der Waals surface area contributed by atoms with Crippen molar-refractivity contribution in [3.8, 4) is 16.3 Å². The predicted octanol–water partition coefficient (Wildman–Crippen LogP) is 4.11. The lowest BCUT2D eigenvalue weighted by Crippen LogP contribution is -2.43. The van der Waals surface area contributed by atoms with Crippen LogP contribution in [0.1, 0.15) is 30.2 Å². The van der Waals surface area contributed by atoms with E-state index < -0.39 is 0 Å². The van der Waals surface area contributed by atoms with Crippen LogP contribution >= 0.6 is 11.3 Å². The van der Waals surface area contributed by atoms with Crippen molar-refractivity contribution in [2.24, 2.45) is 5.92 Å². The fourth-order valence-corrected chi connectivity index (χ4v) is 5.66. The average Bonchev–Trinajstić information content (AvgIpc) is 3.51. The lowest BCUT2D eigenvalue weighted by atomic mass is 9.97. The zero-order valence-corrected chi connectivity index (χ0v) is 19.6. The van der Waals surface area contributed by atoms with Crippen molar-refractivity contribution < 1.29 is 18.7 Å². The number of carbonyl (C=O) groups excluding carboxylic acids is 2. The third-order valence-electron chi connectivity index (χ3n) is 6.49. The predicted molar refractivity (Wildman–Crippen MR) is 127 cm³/mol. The van der Waals surface area contributed by atoms with Crippen molar-refractivity contribution in [2.45, 2.75) is 25.2 Å². The summed E-state index contributed by atoms with van der Waals surface area (Å²) in [6, 6.07) is 13.8. The van der Waals surface area contributed by atoms with E-state index in [4.69, 9.17) is 4.74 Å². The smallest absolute Gasteiger partial charge is 0.228 e. The quantitative estimate of drug-likeness (QED) is 0.549. The second kappa shape index (κ2) is 9.50. The van der Waals surface area contributed by atoms with E-state index >= 15 is 0 Å². The number of halogens is 1. The first kappa shape index (κ1) is 22.5. The fourth-order valence-electron chi connectivity index (χ4n) is 4.66. The van der Waals surface area contributed by atoms with Crippen LogP contribution in [0.25, 0.3) is 10.6 Å². The number of hydrogen-bond donors (Lipinski definition) is 0. The van der Waals surface area contributed by atoms with Crippen LogP contribution in [0.4, 0.5) is 10.1 Å². The number of hydrogen-bond acceptors (Lipinski definition) is 6. The van der Waals surface area contributed by atoms with Crippen molar-refractivity contribution in [2.75, 3.05) is 31.6 Å². The zero-order chi connectivity index (χ0) is 23.7. The second-order valence-corrected chi connectivity index (χ2v) is 9.66. The highest BCUT2D eigenvalue weighted by atomic mass is 32.1. The van der Waals surface area contributed by atoms with Gasteiger partial charge in [0.1, 0.15) is 16.6 Å². The van der Waals surface area contributed by atoms with Crippen molar-refractivity contribution in [3.63, 3.8) is 0 Å². The minimum Gasteiger partial charge on any atom is -0.497 e. The molecule has 2 aliphatic rings. The first-order valence-corrected chi connectivity index (χ1v) is 12.2. The Hall–Kier alpha value is -3.33. The first-order chi connectivity index (χ1) is 16.5. The molecule has 9 heteroatoms. The molecule has 2 unspecified atom stereocenters. The molecule has 0 radical (unpaired) electrons. The Balaban J connectivity index is 1.25. The van der Waals surface area contributed by atoms with Crippen molar-refractivity contribution >= 4 is 28.8 Å². The van der Waals surface area contributed by atoms with Crippen LogP contribution < -0.4 is 9.64 Å². The molecule has 3 aromatic rings. The normalized spacial score (nSPS) is 20.6. The summed E-state index contributed by atoms with van der Waals surface area (Å²) in [6.45, 7) is 1.58. The number of ether oxygens (including phenoxy) is 1. The van der Waals surface area contributed by atoms with Gasteiger partial charge >= 0.3 is 0 Å². The van der Waals surface area contributed by atoms with Crippen LogP contribution in [0.2, 0.25) is 0 Å². The van der Waals surface area contributed by atoms with Crippen molar-refractivity contribution in [1.82, 2.24) is 15.1 Å². The highest BCUT2D eigenvalue weighted by Gasteiger charge is 2.39. The van der Waals surface area contributed by atoms with Gasteiger partial charge in [0.15, 0.2) is 5.01 Å². The highest BCUT2D eigenvalue weighted by Crippen LogP contribution is 2.35. The van der Waals surface area contributed by atoms with Gasteiger partial charge < -0.3 is 14.5 Å². The lowest BCUT2D eigenvalue weighted by molar-refractivity contribution is -0.137. The van der Waals surface area contributed by atoms with E-state index in [0.717, 1.165) is 29.3 Å². The largest absolute Gasteiger partial charge is 0.497 e. The number of carbonyl (C=O) groups is 2. The molecule has 0 aliphatic carbocycles. The molecule has 0 spiro atoms. The van der Waals surface area contributed by atoms with Gasteiger partial charge in [0.2, 0.25) is 11.8 Å². The summed E-state index contributed by atoms with van der Waals surface area (Å²) in [5, 5.41) is 9.89. The molecule has 2 saturated heterocycles. The summed E-state index contributed by atoms with van der Waals surface area (Å²) in [5.74, 6) is 0.0566. The summed E-state index contributed by atoms with van der Waals surface area (Å²) in [7, 11) is 1.60. The van der Waals surface area contributed by atoms with Gasteiger partial charge in [-0.25, -0.2) is 4.39 Å². The van der Waals surface area contributed by atoms with E-state index in [1.807, 2.05) is 29.2 Å². The first-order valence-electron chi connectivity index (χ1n) is 11.3. The van der Waals surface area contributed by atoms with Gasteiger partial charge in [-0.1, -0.05) is 23.5 Å². The maximum Gasteiger partial charge on any atom is 0.228 e. The van der Waals surface area contributed by atoms with E-state index in [9.17, 15) is 14.0 Å². The molecule has 34 heavy (non-hydrogen) atoms. The Morgan fingerprint density at radius 2 is 1.91 bits per heavy atom. The van der Waals surface area contributed by atoms with Crippen LogP contribution in [0, 0.1) is 11.7 Å². The Morgan fingerprint density at radius 1 is 1.12 bits per heavy atom. The molecule has 2 aromatic carbocycles. The second-order valence-electron chi connectivity index (χ2n) is 8.65. The number of nitrogens with zero attached hydrogens (tertiary/aromatic N) is 4. The molecule has 2 amide bonds. The molecule has 1 aromatic heterocycles. The third-order valence-corrected chi connectivity index (χ3v) is 7.60. The van der Waals surface area contributed by atoms with Gasteiger partial charge in [-0.05, 0) is 49.2 Å². The van der Waals surface area contributed by atoms with Crippen molar-refractivity contribution in [3.05, 3.63) is 59.4 Å². The molecule has 3 heterocycles. The Bertz CT molecular complexity index is 1200. The van der Waals surface area contributed by atoms with Crippen LogP contribution in [0.3, 0.4) is 0 Å². The monoisotopic (exact) mass is 480 g/mol. The molecule has 2 fully saturated rings. The van der Waals surface area contributed by atoms with Crippen LogP contribution in [-0.2, 0) is 9.59 Å². The van der Waals surface area contributed by atoms with Gasteiger partial charge in [-0.15, -0.1) is 10.2 Å². The van der Waals surface area contributed by atoms with E-state index in [0.29, 0.717) is 30.2 Å². The standard InChI is InChI=1S/C25H25FN4O3S/c1-33-19-10-8-18(9-11-19)30-15-17(13-22(30)31)25(32)29-12-4-5-16(14-29)23-27-28-24(34-23)20-6-2-3-7-21(20)26/h2-3,6-11,16-17H,4-5,12-15H2,1H3. The van der Waals surface area contributed by atoms with Gasteiger partial charge in [0.25, 0.3) is 0 Å². The zero-order valence-electron chi connectivity index (χ0n) is 18.8. The minimum atomic E-state index is -0.364. The summed E-state index contributed by atoms with van der Waals surface area (Å²) in [6.07, 6.45) is 1.97. The fraction of sp³-hybridized carbons (Fsp3) is 0.360. The Kier molecular flexibility index (Phi) is 6.28. The molecule has 0 saturated carbocycles. The van der Waals surface area contributed by atoms with Gasteiger partial charge in [0.05, 0.1) is 13.0 Å². The molecular weight excluding hydrogens is 455 g/mol. The van der Waals surface area contributed by atoms with E-state index in [2.05, 4.69) is 10.2 Å². The topological polar surface area (TPSA) is 75.6 Å². The summed E-state index contributed by atoms with van der Waals surface area (Å²) in [4.78, 5) is 29.5. The number of likely N-dealkylation sites (tertiary alicyclic amines) is 1. The SMILES string of the molecule is COc1ccc(N2CC(C(=O)N3CCCC(c4nnc(-c5ccccc5F)s4)C3)CC2=O)cc1. The van der Waals surface area contributed by atoms with Crippen LogP contribution in [0.5, 0.6) is 5.75 Å². The number of anilines is 1. The van der Waals surface area contributed by atoms with Crippen LogP contribution in [0.15, 0.2) is 48.5 Å². The molecule has 0 N–H and O–H groups in total. The molecule has 7 nitrogen and oxygen atoms in total. The molecule has 0 bridgehead atoms. The number of piperidine rings is 1.